The number of carbonyl (C=O) groups excluding carboxylic acids is 1. The molecule has 0 amide bonds. The van der Waals surface area contributed by atoms with Gasteiger partial charge in [0.1, 0.15) is 16.9 Å². The number of ether oxygens (including phenoxy) is 1. The van der Waals surface area contributed by atoms with Gasteiger partial charge >= 0.3 is 5.97 Å². The van der Waals surface area contributed by atoms with Crippen LogP contribution in [0.5, 0.6) is 0 Å². The highest BCUT2D eigenvalue weighted by Crippen LogP contribution is 2.34. The van der Waals surface area contributed by atoms with Crippen LogP contribution in [-0.4, -0.2) is 28.0 Å². The SMILES string of the molecule is COC(=O)/C=C/c1ccc(Nc2nc3ccccc3c3nc(C4CCCCCCCC4)[nH]c23)cc1. The van der Waals surface area contributed by atoms with E-state index in [1.54, 1.807) is 6.08 Å². The standard InChI is InChI=1S/C29H32N4O2/c1-35-25(34)19-16-20-14-17-22(18-15-20)30-29-27-26(23-12-8-9-13-24(23)31-29)32-28(33-27)21-10-6-4-2-3-5-7-11-21/h8-9,12-19,21H,2-7,10-11H2,1H3,(H,30,31)(H,32,33)/b19-16+. The number of para-hydroxylation sites is 1. The van der Waals surface area contributed by atoms with Gasteiger partial charge in [0.15, 0.2) is 5.82 Å². The summed E-state index contributed by atoms with van der Waals surface area (Å²) in [4.78, 5) is 25.1. The van der Waals surface area contributed by atoms with Crippen LogP contribution >= 0.6 is 0 Å². The molecule has 1 fully saturated rings. The van der Waals surface area contributed by atoms with E-state index < -0.39 is 0 Å². The average Bonchev–Trinajstić information content (AvgIpc) is 3.38. The molecule has 0 unspecified atom stereocenters. The smallest absolute Gasteiger partial charge is 0.330 e. The number of pyridine rings is 1. The topological polar surface area (TPSA) is 79.9 Å². The molecule has 2 N–H and O–H groups in total. The van der Waals surface area contributed by atoms with Gasteiger partial charge in [0.05, 0.1) is 12.6 Å². The number of imidazole rings is 1. The summed E-state index contributed by atoms with van der Waals surface area (Å²) in [5.41, 5.74) is 4.69. The zero-order valence-corrected chi connectivity index (χ0v) is 20.2. The Morgan fingerprint density at radius 3 is 2.43 bits per heavy atom. The number of H-pyrrole nitrogens is 1. The fourth-order valence-corrected chi connectivity index (χ4v) is 4.94. The van der Waals surface area contributed by atoms with Crippen LogP contribution in [0.1, 0.15) is 68.7 Å². The summed E-state index contributed by atoms with van der Waals surface area (Å²) in [5.74, 6) is 1.96. The molecule has 2 aromatic carbocycles. The number of anilines is 2. The average molecular weight is 469 g/mol. The van der Waals surface area contributed by atoms with Crippen LogP contribution in [0.4, 0.5) is 11.5 Å². The number of hydrogen-bond acceptors (Lipinski definition) is 5. The fourth-order valence-electron chi connectivity index (χ4n) is 4.94. The maximum Gasteiger partial charge on any atom is 0.330 e. The minimum atomic E-state index is -0.370. The van der Waals surface area contributed by atoms with Gasteiger partial charge in [0, 0.05) is 23.1 Å². The zero-order chi connectivity index (χ0) is 24.0. The van der Waals surface area contributed by atoms with Gasteiger partial charge in [0.25, 0.3) is 0 Å². The Balaban J connectivity index is 1.48. The van der Waals surface area contributed by atoms with Gasteiger partial charge in [0.2, 0.25) is 0 Å². The van der Waals surface area contributed by atoms with Crippen LogP contribution in [-0.2, 0) is 9.53 Å². The van der Waals surface area contributed by atoms with Crippen molar-refractivity contribution >= 4 is 45.5 Å². The predicted octanol–water partition coefficient (Wildman–Crippen LogP) is 7.26. The quantitative estimate of drug-likeness (QED) is 0.238. The molecule has 1 aliphatic rings. The van der Waals surface area contributed by atoms with E-state index in [9.17, 15) is 4.79 Å². The van der Waals surface area contributed by atoms with E-state index in [2.05, 4.69) is 21.1 Å². The highest BCUT2D eigenvalue weighted by atomic mass is 16.5. The van der Waals surface area contributed by atoms with Crippen LogP contribution in [0.3, 0.4) is 0 Å². The molecule has 4 aromatic rings. The van der Waals surface area contributed by atoms with Gasteiger partial charge in [-0.05, 0) is 42.7 Å². The van der Waals surface area contributed by atoms with E-state index in [0.29, 0.717) is 5.92 Å². The highest BCUT2D eigenvalue weighted by molar-refractivity contribution is 6.07. The summed E-state index contributed by atoms with van der Waals surface area (Å²) in [6.45, 7) is 0. The molecule has 6 heteroatoms. The second-order valence-electron chi connectivity index (χ2n) is 9.32. The van der Waals surface area contributed by atoms with Crippen LogP contribution in [0.2, 0.25) is 0 Å². The van der Waals surface area contributed by atoms with E-state index in [-0.39, 0.29) is 5.97 Å². The molecule has 2 heterocycles. The van der Waals surface area contributed by atoms with Crippen LogP contribution in [0.25, 0.3) is 28.0 Å². The Morgan fingerprint density at radius 1 is 0.971 bits per heavy atom. The third-order valence-electron chi connectivity index (χ3n) is 6.88. The van der Waals surface area contributed by atoms with Crippen LogP contribution < -0.4 is 5.32 Å². The van der Waals surface area contributed by atoms with Gasteiger partial charge in [-0.1, -0.05) is 68.9 Å². The molecular weight excluding hydrogens is 436 g/mol. The van der Waals surface area contributed by atoms with Gasteiger partial charge < -0.3 is 15.0 Å². The molecule has 6 nitrogen and oxygen atoms in total. The number of aromatic nitrogens is 3. The number of benzene rings is 2. The number of methoxy groups -OCH3 is 1. The lowest BCUT2D eigenvalue weighted by molar-refractivity contribution is -0.134. The summed E-state index contributed by atoms with van der Waals surface area (Å²) in [6.07, 6.45) is 13.4. The number of carbonyl (C=O) groups is 1. The third kappa shape index (κ3) is 5.37. The normalized spacial score (nSPS) is 15.7. The molecule has 0 radical (unpaired) electrons. The molecule has 35 heavy (non-hydrogen) atoms. The molecule has 1 aliphatic carbocycles. The van der Waals surface area contributed by atoms with Gasteiger partial charge in [-0.15, -0.1) is 0 Å². The van der Waals surface area contributed by atoms with Crippen LogP contribution in [0.15, 0.2) is 54.6 Å². The Kier molecular flexibility index (Phi) is 7.07. The number of esters is 1. The van der Waals surface area contributed by atoms with Crippen LogP contribution in [0, 0.1) is 0 Å². The first kappa shape index (κ1) is 23.1. The largest absolute Gasteiger partial charge is 0.466 e. The second kappa shape index (κ2) is 10.7. The van der Waals surface area contributed by atoms with E-state index in [1.807, 2.05) is 42.5 Å². The molecular formula is C29H32N4O2. The van der Waals surface area contributed by atoms with Gasteiger partial charge in [-0.25, -0.2) is 14.8 Å². The van der Waals surface area contributed by atoms with Crippen molar-refractivity contribution in [3.8, 4) is 0 Å². The molecule has 0 bridgehead atoms. The minimum absolute atomic E-state index is 0.370. The summed E-state index contributed by atoms with van der Waals surface area (Å²) >= 11 is 0. The molecule has 2 aromatic heterocycles. The maximum absolute atomic E-state index is 11.4. The van der Waals surface area contributed by atoms with E-state index in [4.69, 9.17) is 9.97 Å². The molecule has 5 rings (SSSR count). The maximum atomic E-state index is 11.4. The fraction of sp³-hybridized carbons (Fsp3) is 0.345. The number of rotatable bonds is 5. The first-order chi connectivity index (χ1) is 17.2. The molecule has 0 aliphatic heterocycles. The van der Waals surface area contributed by atoms with Crippen molar-refractivity contribution in [2.75, 3.05) is 12.4 Å². The Morgan fingerprint density at radius 2 is 1.69 bits per heavy atom. The molecule has 0 spiro atoms. The van der Waals surface area contributed by atoms with Gasteiger partial charge in [-0.2, -0.15) is 0 Å². The van der Waals surface area contributed by atoms with E-state index in [1.165, 1.54) is 64.6 Å². The lowest BCUT2D eigenvalue weighted by Crippen LogP contribution is -2.01. The Bertz CT molecular complexity index is 1330. The summed E-state index contributed by atoms with van der Waals surface area (Å²) in [5, 5.41) is 4.56. The third-order valence-corrected chi connectivity index (χ3v) is 6.88. The Hall–Kier alpha value is -3.67. The number of nitrogens with one attached hydrogen (secondary N) is 2. The van der Waals surface area contributed by atoms with Crippen molar-refractivity contribution in [2.24, 2.45) is 0 Å². The van der Waals surface area contributed by atoms with Crippen molar-refractivity contribution in [1.82, 2.24) is 15.0 Å². The summed E-state index contributed by atoms with van der Waals surface area (Å²) in [6, 6.07) is 16.1. The number of aromatic amines is 1. The lowest BCUT2D eigenvalue weighted by atomic mass is 9.96. The zero-order valence-electron chi connectivity index (χ0n) is 20.2. The van der Waals surface area contributed by atoms with Gasteiger partial charge in [-0.3, -0.25) is 0 Å². The van der Waals surface area contributed by atoms with Crippen molar-refractivity contribution in [1.29, 1.82) is 0 Å². The lowest BCUT2D eigenvalue weighted by Gasteiger charge is -2.12. The number of fused-ring (bicyclic) bond motifs is 3. The molecule has 0 saturated heterocycles. The summed E-state index contributed by atoms with van der Waals surface area (Å²) < 4.78 is 4.66. The predicted molar refractivity (Wildman–Crippen MR) is 142 cm³/mol. The molecule has 0 atom stereocenters. The second-order valence-corrected chi connectivity index (χ2v) is 9.32. The number of nitrogens with zero attached hydrogens (tertiary/aromatic N) is 2. The van der Waals surface area contributed by atoms with Crippen molar-refractivity contribution in [3.63, 3.8) is 0 Å². The number of hydrogen-bond donors (Lipinski definition) is 2. The highest BCUT2D eigenvalue weighted by Gasteiger charge is 2.20. The van der Waals surface area contributed by atoms with E-state index >= 15 is 0 Å². The minimum Gasteiger partial charge on any atom is -0.466 e. The van der Waals surface area contributed by atoms with Crippen molar-refractivity contribution in [3.05, 3.63) is 66.0 Å². The van der Waals surface area contributed by atoms with Crippen molar-refractivity contribution < 1.29 is 9.53 Å². The molecule has 1 saturated carbocycles. The first-order valence-corrected chi connectivity index (χ1v) is 12.6. The van der Waals surface area contributed by atoms with E-state index in [0.717, 1.165) is 44.8 Å². The summed E-state index contributed by atoms with van der Waals surface area (Å²) in [7, 11) is 1.37. The van der Waals surface area contributed by atoms with Crippen molar-refractivity contribution in [2.45, 2.75) is 57.3 Å². The first-order valence-electron chi connectivity index (χ1n) is 12.6. The molecule has 180 valence electrons. The monoisotopic (exact) mass is 468 g/mol. The Labute approximate surface area is 205 Å².